The molecule has 0 unspecified atom stereocenters. The molecule has 0 saturated heterocycles. The summed E-state index contributed by atoms with van der Waals surface area (Å²) in [4.78, 5) is 23.2. The standard InChI is InChI=1S/C17H21N3O3/c1-11-8-9-20(19-11)15-6-3-12(4-7-15)16(21)18-14-5-2-13(10-14)17(22)23/h3-4,6-7,13-14H,2,5,8-10H2,1H3,(H,18,21)(H,22,23)/t13-,14+/m0/s1. The van der Waals surface area contributed by atoms with Crippen LogP contribution in [-0.2, 0) is 4.79 Å². The molecule has 1 amide bonds. The average molecular weight is 315 g/mol. The smallest absolute Gasteiger partial charge is 0.306 e. The molecule has 1 saturated carbocycles. The third kappa shape index (κ3) is 3.52. The van der Waals surface area contributed by atoms with Crippen LogP contribution in [0.4, 0.5) is 5.69 Å². The zero-order valence-corrected chi connectivity index (χ0v) is 13.2. The number of aliphatic carboxylic acids is 1. The van der Waals surface area contributed by atoms with E-state index in [0.717, 1.165) is 30.8 Å². The molecule has 2 N–H and O–H groups in total. The van der Waals surface area contributed by atoms with Crippen molar-refractivity contribution in [1.82, 2.24) is 5.32 Å². The van der Waals surface area contributed by atoms with Gasteiger partial charge in [-0.25, -0.2) is 0 Å². The number of nitrogens with zero attached hydrogens (tertiary/aromatic N) is 2. The molecule has 6 nitrogen and oxygen atoms in total. The van der Waals surface area contributed by atoms with E-state index in [1.807, 2.05) is 24.1 Å². The van der Waals surface area contributed by atoms with E-state index in [-0.39, 0.29) is 17.9 Å². The quantitative estimate of drug-likeness (QED) is 0.893. The Morgan fingerprint density at radius 2 is 2.00 bits per heavy atom. The molecule has 2 atom stereocenters. The van der Waals surface area contributed by atoms with Gasteiger partial charge < -0.3 is 10.4 Å². The molecule has 0 spiro atoms. The van der Waals surface area contributed by atoms with Crippen LogP contribution in [0.15, 0.2) is 29.4 Å². The Kier molecular flexibility index (Phi) is 4.32. The highest BCUT2D eigenvalue weighted by Crippen LogP contribution is 2.26. The maximum atomic E-state index is 12.3. The third-order valence-electron chi connectivity index (χ3n) is 4.52. The lowest BCUT2D eigenvalue weighted by atomic mass is 10.1. The van der Waals surface area contributed by atoms with Crippen molar-refractivity contribution in [1.29, 1.82) is 0 Å². The van der Waals surface area contributed by atoms with Crippen LogP contribution in [0.5, 0.6) is 0 Å². The van der Waals surface area contributed by atoms with Gasteiger partial charge in [0, 0.05) is 30.3 Å². The first-order valence-electron chi connectivity index (χ1n) is 7.98. The van der Waals surface area contributed by atoms with Gasteiger partial charge in [-0.1, -0.05) is 0 Å². The topological polar surface area (TPSA) is 82.0 Å². The van der Waals surface area contributed by atoms with Crippen LogP contribution in [0.3, 0.4) is 0 Å². The second kappa shape index (κ2) is 6.40. The van der Waals surface area contributed by atoms with Gasteiger partial charge in [0.2, 0.25) is 0 Å². The number of rotatable bonds is 4. The second-order valence-electron chi connectivity index (χ2n) is 6.27. The van der Waals surface area contributed by atoms with Gasteiger partial charge in [0.1, 0.15) is 0 Å². The largest absolute Gasteiger partial charge is 0.481 e. The molecular formula is C17H21N3O3. The van der Waals surface area contributed by atoms with Crippen molar-refractivity contribution in [2.24, 2.45) is 11.0 Å². The second-order valence-corrected chi connectivity index (χ2v) is 6.27. The van der Waals surface area contributed by atoms with Crippen molar-refractivity contribution in [3.63, 3.8) is 0 Å². The molecule has 3 rings (SSSR count). The predicted molar refractivity (Wildman–Crippen MR) is 87.7 cm³/mol. The van der Waals surface area contributed by atoms with Crippen LogP contribution in [-0.4, -0.2) is 35.3 Å². The number of anilines is 1. The molecule has 1 aromatic rings. The van der Waals surface area contributed by atoms with E-state index < -0.39 is 5.97 Å². The summed E-state index contributed by atoms with van der Waals surface area (Å²) in [7, 11) is 0. The van der Waals surface area contributed by atoms with Gasteiger partial charge in [0.05, 0.1) is 11.6 Å². The van der Waals surface area contributed by atoms with Gasteiger partial charge in [-0.3, -0.25) is 14.6 Å². The summed E-state index contributed by atoms with van der Waals surface area (Å²) in [5, 5.41) is 18.3. The van der Waals surface area contributed by atoms with Gasteiger partial charge in [-0.2, -0.15) is 5.10 Å². The van der Waals surface area contributed by atoms with E-state index in [9.17, 15) is 9.59 Å². The fraction of sp³-hybridized carbons (Fsp3) is 0.471. The van der Waals surface area contributed by atoms with Crippen molar-refractivity contribution in [3.05, 3.63) is 29.8 Å². The van der Waals surface area contributed by atoms with Gasteiger partial charge in [0.15, 0.2) is 0 Å². The molecule has 23 heavy (non-hydrogen) atoms. The first-order valence-corrected chi connectivity index (χ1v) is 7.98. The number of amides is 1. The highest BCUT2D eigenvalue weighted by Gasteiger charge is 2.30. The average Bonchev–Trinajstić information content (AvgIpc) is 3.16. The van der Waals surface area contributed by atoms with E-state index in [2.05, 4.69) is 10.4 Å². The number of carboxylic acids is 1. The first kappa shape index (κ1) is 15.5. The van der Waals surface area contributed by atoms with Crippen LogP contribution in [0.2, 0.25) is 0 Å². The number of hydrogen-bond donors (Lipinski definition) is 2. The Hall–Kier alpha value is -2.37. The number of nitrogens with one attached hydrogen (secondary N) is 1. The Balaban J connectivity index is 1.59. The van der Waals surface area contributed by atoms with E-state index in [1.165, 1.54) is 0 Å². The number of hydrogen-bond acceptors (Lipinski definition) is 4. The van der Waals surface area contributed by atoms with E-state index >= 15 is 0 Å². The minimum atomic E-state index is -0.771. The fourth-order valence-corrected chi connectivity index (χ4v) is 3.15. The van der Waals surface area contributed by atoms with Crippen LogP contribution in [0.25, 0.3) is 0 Å². The van der Waals surface area contributed by atoms with Crippen LogP contribution in [0.1, 0.15) is 43.0 Å². The molecule has 1 aliphatic carbocycles. The van der Waals surface area contributed by atoms with Crippen LogP contribution >= 0.6 is 0 Å². The van der Waals surface area contributed by atoms with Crippen molar-refractivity contribution < 1.29 is 14.7 Å². The molecule has 2 aliphatic rings. The van der Waals surface area contributed by atoms with E-state index in [0.29, 0.717) is 18.4 Å². The maximum absolute atomic E-state index is 12.3. The Morgan fingerprint density at radius 1 is 1.26 bits per heavy atom. The zero-order valence-electron chi connectivity index (χ0n) is 13.2. The zero-order chi connectivity index (χ0) is 16.4. The minimum absolute atomic E-state index is 0.0471. The first-order chi connectivity index (χ1) is 11.0. The summed E-state index contributed by atoms with van der Waals surface area (Å²) in [6.07, 6.45) is 2.84. The van der Waals surface area contributed by atoms with Crippen LogP contribution < -0.4 is 10.3 Å². The molecule has 6 heteroatoms. The summed E-state index contributed by atoms with van der Waals surface area (Å²) in [5.41, 5.74) is 2.68. The Morgan fingerprint density at radius 3 is 2.57 bits per heavy atom. The van der Waals surface area contributed by atoms with Crippen molar-refractivity contribution in [2.45, 2.75) is 38.6 Å². The van der Waals surface area contributed by atoms with Crippen LogP contribution in [0, 0.1) is 5.92 Å². The lowest BCUT2D eigenvalue weighted by Gasteiger charge is -2.15. The number of carbonyl (C=O) groups is 2. The molecular weight excluding hydrogens is 294 g/mol. The SMILES string of the molecule is CC1=NN(c2ccc(C(=O)N[C@@H]3CC[C@H](C(=O)O)C3)cc2)CC1. The number of benzene rings is 1. The fourth-order valence-electron chi connectivity index (χ4n) is 3.15. The van der Waals surface area contributed by atoms with Crippen molar-refractivity contribution in [3.8, 4) is 0 Å². The molecule has 1 fully saturated rings. The molecule has 1 aromatic carbocycles. The maximum Gasteiger partial charge on any atom is 0.306 e. The monoisotopic (exact) mass is 315 g/mol. The molecule has 0 aromatic heterocycles. The predicted octanol–water partition coefficient (Wildman–Crippen LogP) is 2.26. The summed E-state index contributed by atoms with van der Waals surface area (Å²) in [6, 6.07) is 7.32. The van der Waals surface area contributed by atoms with Crippen molar-refractivity contribution >= 4 is 23.3 Å². The highest BCUT2D eigenvalue weighted by molar-refractivity contribution is 5.95. The van der Waals surface area contributed by atoms with Crippen molar-refractivity contribution in [2.75, 3.05) is 11.6 Å². The number of carbonyl (C=O) groups excluding carboxylic acids is 1. The molecule has 122 valence electrons. The molecule has 0 bridgehead atoms. The van der Waals surface area contributed by atoms with Gasteiger partial charge in [0.25, 0.3) is 5.91 Å². The summed E-state index contributed by atoms with van der Waals surface area (Å²) in [5.74, 6) is -1.25. The minimum Gasteiger partial charge on any atom is -0.481 e. The summed E-state index contributed by atoms with van der Waals surface area (Å²) in [6.45, 7) is 2.88. The van der Waals surface area contributed by atoms with Gasteiger partial charge in [-0.15, -0.1) is 0 Å². The summed E-state index contributed by atoms with van der Waals surface area (Å²) >= 11 is 0. The lowest BCUT2D eigenvalue weighted by Crippen LogP contribution is -2.33. The van der Waals surface area contributed by atoms with Gasteiger partial charge >= 0.3 is 5.97 Å². The highest BCUT2D eigenvalue weighted by atomic mass is 16.4. The molecule has 1 aliphatic heterocycles. The van der Waals surface area contributed by atoms with Gasteiger partial charge in [-0.05, 0) is 50.5 Å². The Bertz CT molecular complexity index is 639. The lowest BCUT2D eigenvalue weighted by molar-refractivity contribution is -0.141. The third-order valence-corrected chi connectivity index (χ3v) is 4.52. The number of hydrazone groups is 1. The Labute approximate surface area is 135 Å². The number of carboxylic acid groups (broad SMARTS) is 1. The molecule has 0 radical (unpaired) electrons. The van der Waals surface area contributed by atoms with E-state index in [1.54, 1.807) is 12.1 Å². The summed E-state index contributed by atoms with van der Waals surface area (Å²) < 4.78 is 0. The normalized spacial score (nSPS) is 23.7. The molecule has 1 heterocycles. The van der Waals surface area contributed by atoms with E-state index in [4.69, 9.17) is 5.11 Å².